The Kier molecular flexibility index (Phi) is 8.22. The number of barbiturate groups is 1. The van der Waals surface area contributed by atoms with Crippen LogP contribution in [0.25, 0.3) is 6.08 Å². The van der Waals surface area contributed by atoms with Gasteiger partial charge >= 0.3 is 6.03 Å². The molecule has 0 unspecified atom stereocenters. The minimum atomic E-state index is -0.859. The van der Waals surface area contributed by atoms with Gasteiger partial charge in [-0.05, 0) is 73.0 Å². The van der Waals surface area contributed by atoms with Crippen LogP contribution in [-0.2, 0) is 16.2 Å². The molecule has 1 saturated heterocycles. The van der Waals surface area contributed by atoms with Crippen molar-refractivity contribution in [2.45, 2.75) is 20.5 Å². The maximum atomic E-state index is 13.3. The zero-order valence-corrected chi connectivity index (χ0v) is 22.9. The van der Waals surface area contributed by atoms with Crippen molar-refractivity contribution in [3.63, 3.8) is 0 Å². The van der Waals surface area contributed by atoms with Gasteiger partial charge in [-0.25, -0.2) is 9.69 Å². The lowest BCUT2D eigenvalue weighted by Crippen LogP contribution is -2.54. The molecule has 3 aromatic rings. The fraction of sp³-hybridized carbons (Fsp3) is 0.148. The summed E-state index contributed by atoms with van der Waals surface area (Å²) >= 11 is 16.1. The van der Waals surface area contributed by atoms with Crippen molar-refractivity contribution in [3.8, 4) is 11.5 Å². The average Bonchev–Trinajstić information content (AvgIpc) is 2.85. The molecule has 7 nitrogen and oxygen atoms in total. The van der Waals surface area contributed by atoms with Crippen molar-refractivity contribution in [2.24, 2.45) is 0 Å². The lowest BCUT2D eigenvalue weighted by atomic mass is 10.1. The second-order valence-corrected chi connectivity index (χ2v) is 9.75. The Bertz CT molecular complexity index is 1420. The van der Waals surface area contributed by atoms with Gasteiger partial charge in [-0.2, -0.15) is 0 Å². The van der Waals surface area contributed by atoms with E-state index in [-0.39, 0.29) is 22.9 Å². The Balaban J connectivity index is 1.67. The number of hydrogen-bond donors (Lipinski definition) is 1. The Morgan fingerprint density at radius 3 is 2.43 bits per heavy atom. The summed E-state index contributed by atoms with van der Waals surface area (Å²) in [5.74, 6) is -0.931. The first-order valence-electron chi connectivity index (χ1n) is 11.2. The summed E-state index contributed by atoms with van der Waals surface area (Å²) in [7, 11) is 0. The highest BCUT2D eigenvalue weighted by molar-refractivity contribution is 9.10. The van der Waals surface area contributed by atoms with Gasteiger partial charge in [0.15, 0.2) is 11.5 Å². The van der Waals surface area contributed by atoms with Gasteiger partial charge in [0.25, 0.3) is 11.8 Å². The number of nitrogens with one attached hydrogen (secondary N) is 1. The first kappa shape index (κ1) is 26.7. The predicted octanol–water partition coefficient (Wildman–Crippen LogP) is 6.71. The number of hydrogen-bond acceptors (Lipinski definition) is 5. The molecule has 3 aromatic carbocycles. The number of imide groups is 2. The third kappa shape index (κ3) is 5.82. The molecule has 1 heterocycles. The predicted molar refractivity (Wildman–Crippen MR) is 146 cm³/mol. The summed E-state index contributed by atoms with van der Waals surface area (Å²) in [5.41, 5.74) is 1.90. The standard InChI is InChI=1S/C27H21BrCl2N2O5/c1-3-36-23-13-17(12-21(30)24(23)37-14-16-7-9-18(28)10-8-16)11-19-25(33)31-27(35)32(26(19)34)22-6-4-5-20(29)15(22)2/h4-13H,3,14H2,1-2H3,(H,31,33,35)/b19-11+. The number of carbonyl (C=O) groups excluding carboxylic acids is 3. The second kappa shape index (κ2) is 11.4. The summed E-state index contributed by atoms with van der Waals surface area (Å²) < 4.78 is 12.6. The maximum absolute atomic E-state index is 13.3. The second-order valence-electron chi connectivity index (χ2n) is 8.02. The molecule has 1 aliphatic rings. The molecule has 4 rings (SSSR count). The number of anilines is 1. The van der Waals surface area contributed by atoms with Crippen LogP contribution in [0.1, 0.15) is 23.6 Å². The summed E-state index contributed by atoms with van der Waals surface area (Å²) in [5, 5.41) is 2.82. The first-order chi connectivity index (χ1) is 17.7. The lowest BCUT2D eigenvalue weighted by Gasteiger charge is -2.27. The van der Waals surface area contributed by atoms with Gasteiger partial charge in [0, 0.05) is 9.50 Å². The summed E-state index contributed by atoms with van der Waals surface area (Å²) in [6.45, 7) is 4.08. The fourth-order valence-electron chi connectivity index (χ4n) is 3.69. The third-order valence-electron chi connectivity index (χ3n) is 5.52. The van der Waals surface area contributed by atoms with Crippen LogP contribution in [0.3, 0.4) is 0 Å². The van der Waals surface area contributed by atoms with Crippen LogP contribution in [-0.4, -0.2) is 24.5 Å². The number of rotatable bonds is 7. The van der Waals surface area contributed by atoms with E-state index < -0.39 is 17.8 Å². The van der Waals surface area contributed by atoms with Crippen molar-refractivity contribution in [1.82, 2.24) is 5.32 Å². The summed E-state index contributed by atoms with van der Waals surface area (Å²) in [6.07, 6.45) is 1.35. The van der Waals surface area contributed by atoms with E-state index in [4.69, 9.17) is 32.7 Å². The van der Waals surface area contributed by atoms with Crippen LogP contribution in [0.2, 0.25) is 10.0 Å². The van der Waals surface area contributed by atoms with Gasteiger partial charge in [0.1, 0.15) is 12.2 Å². The topological polar surface area (TPSA) is 84.9 Å². The molecule has 4 amide bonds. The van der Waals surface area contributed by atoms with E-state index in [1.165, 1.54) is 6.08 Å². The van der Waals surface area contributed by atoms with Crippen molar-refractivity contribution in [2.75, 3.05) is 11.5 Å². The molecule has 37 heavy (non-hydrogen) atoms. The van der Waals surface area contributed by atoms with Crippen molar-refractivity contribution >= 4 is 68.7 Å². The highest BCUT2D eigenvalue weighted by Gasteiger charge is 2.37. The monoisotopic (exact) mass is 602 g/mol. The number of halogens is 3. The van der Waals surface area contributed by atoms with E-state index in [0.717, 1.165) is 14.9 Å². The van der Waals surface area contributed by atoms with Gasteiger partial charge in [-0.3, -0.25) is 14.9 Å². The zero-order chi connectivity index (χ0) is 26.7. The van der Waals surface area contributed by atoms with Crippen LogP contribution in [0.15, 0.2) is 64.6 Å². The molecule has 0 bridgehead atoms. The fourth-order valence-corrected chi connectivity index (χ4v) is 4.40. The molecule has 1 aliphatic heterocycles. The Morgan fingerprint density at radius 1 is 1.00 bits per heavy atom. The molecule has 0 atom stereocenters. The van der Waals surface area contributed by atoms with E-state index in [1.807, 2.05) is 31.2 Å². The highest BCUT2D eigenvalue weighted by atomic mass is 79.9. The molecule has 0 aliphatic carbocycles. The minimum Gasteiger partial charge on any atom is -0.490 e. The first-order valence-corrected chi connectivity index (χ1v) is 12.7. The van der Waals surface area contributed by atoms with Crippen LogP contribution in [0, 0.1) is 6.92 Å². The van der Waals surface area contributed by atoms with Crippen molar-refractivity contribution in [3.05, 3.63) is 91.4 Å². The summed E-state index contributed by atoms with van der Waals surface area (Å²) in [4.78, 5) is 39.4. The van der Waals surface area contributed by atoms with E-state index in [1.54, 1.807) is 37.3 Å². The van der Waals surface area contributed by atoms with Gasteiger partial charge in [0.2, 0.25) is 0 Å². The highest BCUT2D eigenvalue weighted by Crippen LogP contribution is 2.38. The van der Waals surface area contributed by atoms with E-state index >= 15 is 0 Å². The van der Waals surface area contributed by atoms with Gasteiger partial charge < -0.3 is 9.47 Å². The lowest BCUT2D eigenvalue weighted by molar-refractivity contribution is -0.122. The summed E-state index contributed by atoms with van der Waals surface area (Å²) in [6, 6.07) is 14.8. The molecule has 0 aromatic heterocycles. The van der Waals surface area contributed by atoms with Crippen LogP contribution < -0.4 is 19.7 Å². The smallest absolute Gasteiger partial charge is 0.335 e. The van der Waals surface area contributed by atoms with Crippen LogP contribution >= 0.6 is 39.1 Å². The van der Waals surface area contributed by atoms with Crippen molar-refractivity contribution in [1.29, 1.82) is 0 Å². The number of amides is 4. The number of benzene rings is 3. The third-order valence-corrected chi connectivity index (χ3v) is 6.74. The molecule has 0 radical (unpaired) electrons. The number of carbonyl (C=O) groups is 3. The van der Waals surface area contributed by atoms with Crippen molar-refractivity contribution < 1.29 is 23.9 Å². The minimum absolute atomic E-state index is 0.234. The Hall–Kier alpha value is -3.33. The van der Waals surface area contributed by atoms with Crippen LogP contribution in [0.5, 0.6) is 11.5 Å². The van der Waals surface area contributed by atoms with Gasteiger partial charge in [-0.15, -0.1) is 0 Å². The quantitative estimate of drug-likeness (QED) is 0.240. The average molecular weight is 604 g/mol. The van der Waals surface area contributed by atoms with E-state index in [9.17, 15) is 14.4 Å². The number of nitrogens with zero attached hydrogens (tertiary/aromatic N) is 1. The zero-order valence-electron chi connectivity index (χ0n) is 19.8. The van der Waals surface area contributed by atoms with Gasteiger partial charge in [0.05, 0.1) is 17.3 Å². The molecule has 1 N–H and O–H groups in total. The Labute approximate surface area is 232 Å². The normalized spacial score (nSPS) is 14.7. The molecule has 1 fully saturated rings. The number of ether oxygens (including phenoxy) is 2. The molecule has 190 valence electrons. The Morgan fingerprint density at radius 2 is 1.73 bits per heavy atom. The molecular formula is C27H21BrCl2N2O5. The van der Waals surface area contributed by atoms with E-state index in [0.29, 0.717) is 34.3 Å². The number of urea groups is 1. The molecule has 0 spiro atoms. The van der Waals surface area contributed by atoms with E-state index in [2.05, 4.69) is 21.2 Å². The van der Waals surface area contributed by atoms with Crippen LogP contribution in [0.4, 0.5) is 10.5 Å². The largest absolute Gasteiger partial charge is 0.490 e. The molecule has 0 saturated carbocycles. The van der Waals surface area contributed by atoms with Gasteiger partial charge in [-0.1, -0.05) is 57.3 Å². The molecular weight excluding hydrogens is 583 g/mol. The molecule has 10 heteroatoms. The SMILES string of the molecule is CCOc1cc(/C=C2\C(=O)NC(=O)N(c3cccc(Cl)c3C)C2=O)cc(Cl)c1OCc1ccc(Br)cc1. The maximum Gasteiger partial charge on any atom is 0.335 e.